The average Bonchev–Trinajstić information content (AvgIpc) is 2.66. The Morgan fingerprint density at radius 2 is 1.81 bits per heavy atom. The molecule has 0 saturated heterocycles. The third-order valence-corrected chi connectivity index (χ3v) is 3.94. The van der Waals surface area contributed by atoms with Crippen molar-refractivity contribution < 1.29 is 4.79 Å². The summed E-state index contributed by atoms with van der Waals surface area (Å²) >= 11 is 0. The summed E-state index contributed by atoms with van der Waals surface area (Å²) in [7, 11) is 0. The van der Waals surface area contributed by atoms with Crippen molar-refractivity contribution in [3.63, 3.8) is 0 Å². The van der Waals surface area contributed by atoms with Gasteiger partial charge >= 0.3 is 0 Å². The highest BCUT2D eigenvalue weighted by Crippen LogP contribution is 2.09. The fraction of sp³-hybridized carbons (Fsp3) is 0.200. The third kappa shape index (κ3) is 4.63. The van der Waals surface area contributed by atoms with Crippen LogP contribution >= 0.6 is 0 Å². The molecule has 26 heavy (non-hydrogen) atoms. The lowest BCUT2D eigenvalue weighted by molar-refractivity contribution is 0.0945. The molecule has 0 atom stereocenters. The number of aryl methyl sites for hydroxylation is 2. The lowest BCUT2D eigenvalue weighted by atomic mass is 10.1. The van der Waals surface area contributed by atoms with Crippen LogP contribution in [0.15, 0.2) is 54.7 Å². The molecule has 0 aliphatic heterocycles. The van der Waals surface area contributed by atoms with Crippen molar-refractivity contribution in [1.82, 2.24) is 20.3 Å². The Kier molecular flexibility index (Phi) is 5.53. The first kappa shape index (κ1) is 17.5. The second-order valence-corrected chi connectivity index (χ2v) is 6.00. The van der Waals surface area contributed by atoms with E-state index in [4.69, 9.17) is 0 Å². The minimum atomic E-state index is -0.223. The Morgan fingerprint density at radius 3 is 2.58 bits per heavy atom. The van der Waals surface area contributed by atoms with E-state index in [0.29, 0.717) is 24.7 Å². The maximum absolute atomic E-state index is 12.5. The lowest BCUT2D eigenvalue weighted by Crippen LogP contribution is -2.25. The molecule has 6 heteroatoms. The van der Waals surface area contributed by atoms with E-state index < -0.39 is 0 Å². The number of pyridine rings is 1. The first-order valence-corrected chi connectivity index (χ1v) is 8.44. The van der Waals surface area contributed by atoms with Crippen molar-refractivity contribution in [2.45, 2.75) is 26.9 Å². The zero-order valence-electron chi connectivity index (χ0n) is 14.9. The number of carbonyl (C=O) groups excluding carboxylic acids is 1. The summed E-state index contributed by atoms with van der Waals surface area (Å²) in [5, 5.41) is 6.03. The zero-order valence-corrected chi connectivity index (χ0v) is 14.9. The number of nitrogens with one attached hydrogen (secondary N) is 2. The number of benzene rings is 1. The molecule has 2 heterocycles. The SMILES string of the molecule is Cc1cc(C(=O)NCc2ccccc2C)nc(NCc2ccccn2)n1. The molecule has 0 radical (unpaired) electrons. The van der Waals surface area contributed by atoms with Gasteiger partial charge in [-0.05, 0) is 43.2 Å². The molecule has 3 rings (SSSR count). The van der Waals surface area contributed by atoms with Gasteiger partial charge in [-0.15, -0.1) is 0 Å². The van der Waals surface area contributed by atoms with E-state index in [1.807, 2.05) is 56.3 Å². The van der Waals surface area contributed by atoms with E-state index in [0.717, 1.165) is 22.5 Å². The molecule has 1 aromatic carbocycles. The molecule has 2 N–H and O–H groups in total. The first-order chi connectivity index (χ1) is 12.6. The average molecular weight is 347 g/mol. The van der Waals surface area contributed by atoms with Gasteiger partial charge in [-0.1, -0.05) is 30.3 Å². The van der Waals surface area contributed by atoms with E-state index in [9.17, 15) is 4.79 Å². The third-order valence-electron chi connectivity index (χ3n) is 3.94. The molecular weight excluding hydrogens is 326 g/mol. The van der Waals surface area contributed by atoms with Gasteiger partial charge < -0.3 is 10.6 Å². The first-order valence-electron chi connectivity index (χ1n) is 8.44. The molecule has 0 saturated carbocycles. The zero-order chi connectivity index (χ0) is 18.4. The van der Waals surface area contributed by atoms with Gasteiger partial charge in [-0.25, -0.2) is 9.97 Å². The molecule has 2 aromatic heterocycles. The fourth-order valence-electron chi connectivity index (χ4n) is 2.51. The molecule has 3 aromatic rings. The Bertz CT molecular complexity index is 896. The fourth-order valence-corrected chi connectivity index (χ4v) is 2.51. The predicted octanol–water partition coefficient (Wildman–Crippen LogP) is 3.03. The van der Waals surface area contributed by atoms with E-state index in [1.54, 1.807) is 12.3 Å². The quantitative estimate of drug-likeness (QED) is 0.716. The van der Waals surface area contributed by atoms with Gasteiger partial charge in [0.1, 0.15) is 5.69 Å². The molecule has 0 aliphatic carbocycles. The molecule has 1 amide bonds. The molecule has 0 aliphatic rings. The van der Waals surface area contributed by atoms with Crippen molar-refractivity contribution >= 4 is 11.9 Å². The van der Waals surface area contributed by atoms with Crippen LogP contribution < -0.4 is 10.6 Å². The van der Waals surface area contributed by atoms with Crippen LogP contribution in [0.2, 0.25) is 0 Å². The molecule has 132 valence electrons. The van der Waals surface area contributed by atoms with Crippen molar-refractivity contribution in [2.75, 3.05) is 5.32 Å². The highest BCUT2D eigenvalue weighted by atomic mass is 16.1. The van der Waals surface area contributed by atoms with Gasteiger partial charge in [0.2, 0.25) is 5.95 Å². The van der Waals surface area contributed by atoms with E-state index in [-0.39, 0.29) is 5.91 Å². The van der Waals surface area contributed by atoms with Crippen LogP contribution in [0.5, 0.6) is 0 Å². The van der Waals surface area contributed by atoms with Crippen LogP contribution in [-0.4, -0.2) is 20.9 Å². The Labute approximate surface area is 152 Å². The number of nitrogens with zero attached hydrogens (tertiary/aromatic N) is 3. The van der Waals surface area contributed by atoms with Crippen LogP contribution in [0.3, 0.4) is 0 Å². The maximum atomic E-state index is 12.5. The monoisotopic (exact) mass is 347 g/mol. The van der Waals surface area contributed by atoms with E-state index in [1.165, 1.54) is 0 Å². The van der Waals surface area contributed by atoms with Gasteiger partial charge in [0.05, 0.1) is 12.2 Å². The molecule has 0 spiro atoms. The summed E-state index contributed by atoms with van der Waals surface area (Å²) in [6.07, 6.45) is 1.73. The second-order valence-electron chi connectivity index (χ2n) is 6.00. The number of carbonyl (C=O) groups is 1. The van der Waals surface area contributed by atoms with Crippen LogP contribution in [-0.2, 0) is 13.1 Å². The maximum Gasteiger partial charge on any atom is 0.270 e. The number of hydrogen-bond acceptors (Lipinski definition) is 5. The molecule has 0 fully saturated rings. The van der Waals surface area contributed by atoms with Crippen molar-refractivity contribution in [2.24, 2.45) is 0 Å². The normalized spacial score (nSPS) is 10.4. The summed E-state index contributed by atoms with van der Waals surface area (Å²) < 4.78 is 0. The summed E-state index contributed by atoms with van der Waals surface area (Å²) in [5.41, 5.74) is 4.17. The number of aromatic nitrogens is 3. The minimum absolute atomic E-state index is 0.223. The van der Waals surface area contributed by atoms with Gasteiger partial charge in [0.15, 0.2) is 0 Å². The highest BCUT2D eigenvalue weighted by molar-refractivity contribution is 5.92. The van der Waals surface area contributed by atoms with Crippen molar-refractivity contribution in [3.8, 4) is 0 Å². The van der Waals surface area contributed by atoms with E-state index in [2.05, 4.69) is 25.6 Å². The summed E-state index contributed by atoms with van der Waals surface area (Å²) in [5.74, 6) is 0.191. The molecule has 0 unspecified atom stereocenters. The van der Waals surface area contributed by atoms with Crippen molar-refractivity contribution in [1.29, 1.82) is 0 Å². The lowest BCUT2D eigenvalue weighted by Gasteiger charge is -2.10. The molecular formula is C20H21N5O. The van der Waals surface area contributed by atoms with Gasteiger partial charge in [-0.3, -0.25) is 9.78 Å². The molecule has 6 nitrogen and oxygen atoms in total. The van der Waals surface area contributed by atoms with Crippen molar-refractivity contribution in [3.05, 3.63) is 82.9 Å². The number of anilines is 1. The van der Waals surface area contributed by atoms with Gasteiger partial charge in [0, 0.05) is 18.4 Å². The van der Waals surface area contributed by atoms with Crippen LogP contribution in [0.1, 0.15) is 33.0 Å². The topological polar surface area (TPSA) is 79.8 Å². The van der Waals surface area contributed by atoms with Gasteiger partial charge in [-0.2, -0.15) is 0 Å². The van der Waals surface area contributed by atoms with Crippen LogP contribution in [0.4, 0.5) is 5.95 Å². The molecule has 0 bridgehead atoms. The number of hydrogen-bond donors (Lipinski definition) is 2. The standard InChI is InChI=1S/C20H21N5O/c1-14-7-3-4-8-16(14)12-22-19(26)18-11-15(2)24-20(25-18)23-13-17-9-5-6-10-21-17/h3-11H,12-13H2,1-2H3,(H,22,26)(H,23,24,25). The Hall–Kier alpha value is -3.28. The van der Waals surface area contributed by atoms with Crippen LogP contribution in [0, 0.1) is 13.8 Å². The number of amides is 1. The Morgan fingerprint density at radius 1 is 1.00 bits per heavy atom. The van der Waals surface area contributed by atoms with E-state index >= 15 is 0 Å². The largest absolute Gasteiger partial charge is 0.349 e. The predicted molar refractivity (Wildman–Crippen MR) is 101 cm³/mol. The minimum Gasteiger partial charge on any atom is -0.349 e. The van der Waals surface area contributed by atoms with Crippen LogP contribution in [0.25, 0.3) is 0 Å². The summed E-state index contributed by atoms with van der Waals surface area (Å²) in [6.45, 7) is 4.82. The Balaban J connectivity index is 1.66. The highest BCUT2D eigenvalue weighted by Gasteiger charge is 2.11. The number of rotatable bonds is 6. The summed E-state index contributed by atoms with van der Waals surface area (Å²) in [4.78, 5) is 25.4. The second kappa shape index (κ2) is 8.20. The smallest absolute Gasteiger partial charge is 0.270 e. The van der Waals surface area contributed by atoms with Gasteiger partial charge in [0.25, 0.3) is 5.91 Å². The summed E-state index contributed by atoms with van der Waals surface area (Å²) in [6, 6.07) is 15.3.